The van der Waals surface area contributed by atoms with Gasteiger partial charge in [0.05, 0.1) is 19.8 Å². The highest BCUT2D eigenvalue weighted by molar-refractivity contribution is 6.05. The van der Waals surface area contributed by atoms with Crippen molar-refractivity contribution in [2.75, 3.05) is 26.4 Å². The van der Waals surface area contributed by atoms with Gasteiger partial charge in [0.1, 0.15) is 17.2 Å². The lowest BCUT2D eigenvalue weighted by atomic mass is 10.1. The summed E-state index contributed by atoms with van der Waals surface area (Å²) in [5.74, 6) is 1.19. The summed E-state index contributed by atoms with van der Waals surface area (Å²) in [7, 11) is 0. The molecule has 3 rings (SSSR count). The number of aliphatic hydroxyl groups is 1. The number of amides is 2. The molecule has 1 aliphatic carbocycles. The number of aliphatic hydroxyl groups excluding tert-OH is 1. The third-order valence-electron chi connectivity index (χ3n) is 4.69. The van der Waals surface area contributed by atoms with Crippen LogP contribution in [0.5, 0.6) is 11.5 Å². The third kappa shape index (κ3) is 7.15. The minimum absolute atomic E-state index is 0.0802. The van der Waals surface area contributed by atoms with Crippen LogP contribution in [0.25, 0.3) is 6.08 Å². The molecule has 0 spiro atoms. The number of ether oxygens (including phenoxy) is 2. The molecule has 31 heavy (non-hydrogen) atoms. The lowest BCUT2D eigenvalue weighted by molar-refractivity contribution is -0.117. The number of carbonyl (C=O) groups excluding carboxylic acids is 2. The molecule has 2 amide bonds. The van der Waals surface area contributed by atoms with Gasteiger partial charge < -0.3 is 25.2 Å². The van der Waals surface area contributed by atoms with Gasteiger partial charge in [0, 0.05) is 12.1 Å². The molecular formula is C24H28N2O5. The molecule has 3 N–H and O–H groups in total. The van der Waals surface area contributed by atoms with Gasteiger partial charge in [0.2, 0.25) is 0 Å². The molecule has 0 heterocycles. The third-order valence-corrected chi connectivity index (χ3v) is 4.69. The first-order chi connectivity index (χ1) is 15.1. The topological polar surface area (TPSA) is 96.9 Å². The highest BCUT2D eigenvalue weighted by Crippen LogP contribution is 2.29. The van der Waals surface area contributed by atoms with Crippen LogP contribution in [0.15, 0.2) is 54.2 Å². The normalized spacial score (nSPS) is 13.4. The Balaban J connectivity index is 1.70. The van der Waals surface area contributed by atoms with Crippen LogP contribution in [-0.2, 0) is 4.79 Å². The highest BCUT2D eigenvalue weighted by Gasteiger charge is 2.22. The van der Waals surface area contributed by atoms with Gasteiger partial charge in [-0.3, -0.25) is 9.59 Å². The minimum Gasteiger partial charge on any atom is -0.494 e. The van der Waals surface area contributed by atoms with Crippen molar-refractivity contribution in [3.8, 4) is 11.5 Å². The summed E-state index contributed by atoms with van der Waals surface area (Å²) < 4.78 is 11.1. The van der Waals surface area contributed by atoms with E-state index in [1.165, 1.54) is 12.8 Å². The van der Waals surface area contributed by atoms with Crippen molar-refractivity contribution in [1.29, 1.82) is 0 Å². The van der Waals surface area contributed by atoms with Gasteiger partial charge in [-0.05, 0) is 73.7 Å². The highest BCUT2D eigenvalue weighted by atomic mass is 16.5. The van der Waals surface area contributed by atoms with Gasteiger partial charge in [0.15, 0.2) is 0 Å². The zero-order valence-corrected chi connectivity index (χ0v) is 17.6. The SMILES string of the molecule is CCOc1ccc(/C=C(/NC(=O)c2ccc(OCC3CC3)cc2)C(=O)NCCO)cc1. The maximum atomic E-state index is 12.7. The van der Waals surface area contributed by atoms with Gasteiger partial charge in [-0.1, -0.05) is 12.1 Å². The summed E-state index contributed by atoms with van der Waals surface area (Å²) >= 11 is 0. The Bertz CT molecular complexity index is 903. The lowest BCUT2D eigenvalue weighted by Gasteiger charge is -2.11. The lowest BCUT2D eigenvalue weighted by Crippen LogP contribution is -2.36. The number of rotatable bonds is 11. The fourth-order valence-corrected chi connectivity index (χ4v) is 2.81. The summed E-state index contributed by atoms with van der Waals surface area (Å²) in [6, 6.07) is 14.0. The maximum Gasteiger partial charge on any atom is 0.267 e. The number of benzene rings is 2. The Morgan fingerprint density at radius 3 is 2.29 bits per heavy atom. The molecule has 0 saturated heterocycles. The number of carbonyl (C=O) groups is 2. The van der Waals surface area contributed by atoms with Crippen LogP contribution in [0.1, 0.15) is 35.7 Å². The molecule has 2 aromatic carbocycles. The van der Waals surface area contributed by atoms with E-state index in [9.17, 15) is 9.59 Å². The molecule has 0 unspecified atom stereocenters. The molecule has 1 fully saturated rings. The summed E-state index contributed by atoms with van der Waals surface area (Å²) in [5.41, 5.74) is 1.21. The van der Waals surface area contributed by atoms with Crippen molar-refractivity contribution in [3.05, 3.63) is 65.4 Å². The van der Waals surface area contributed by atoms with E-state index in [2.05, 4.69) is 10.6 Å². The predicted octanol–water partition coefficient (Wildman–Crippen LogP) is 2.75. The second-order valence-electron chi connectivity index (χ2n) is 7.27. The molecule has 0 aromatic heterocycles. The van der Waals surface area contributed by atoms with Crippen LogP contribution >= 0.6 is 0 Å². The van der Waals surface area contributed by atoms with E-state index < -0.39 is 11.8 Å². The van der Waals surface area contributed by atoms with E-state index in [1.807, 2.05) is 6.92 Å². The Kier molecular flexibility index (Phi) is 8.06. The van der Waals surface area contributed by atoms with Gasteiger partial charge in [0.25, 0.3) is 11.8 Å². The average Bonchev–Trinajstić information content (AvgIpc) is 3.62. The zero-order valence-electron chi connectivity index (χ0n) is 17.6. The molecule has 164 valence electrons. The van der Waals surface area contributed by atoms with E-state index in [1.54, 1.807) is 54.6 Å². The van der Waals surface area contributed by atoms with E-state index in [0.717, 1.165) is 11.3 Å². The van der Waals surface area contributed by atoms with Crippen LogP contribution in [0.3, 0.4) is 0 Å². The molecule has 2 aromatic rings. The van der Waals surface area contributed by atoms with E-state index in [-0.39, 0.29) is 18.8 Å². The van der Waals surface area contributed by atoms with Crippen molar-refractivity contribution in [2.45, 2.75) is 19.8 Å². The maximum absolute atomic E-state index is 12.7. The molecule has 7 heteroatoms. The first-order valence-corrected chi connectivity index (χ1v) is 10.5. The quantitative estimate of drug-likeness (QED) is 0.482. The largest absolute Gasteiger partial charge is 0.494 e. The fourth-order valence-electron chi connectivity index (χ4n) is 2.81. The van der Waals surface area contributed by atoms with Gasteiger partial charge in [-0.15, -0.1) is 0 Å². The molecule has 0 atom stereocenters. The first kappa shape index (κ1) is 22.4. The molecule has 0 bridgehead atoms. The number of hydrogen-bond donors (Lipinski definition) is 3. The fraction of sp³-hybridized carbons (Fsp3) is 0.333. The van der Waals surface area contributed by atoms with E-state index in [0.29, 0.717) is 30.4 Å². The Labute approximate surface area is 182 Å². The van der Waals surface area contributed by atoms with Crippen LogP contribution < -0.4 is 20.1 Å². The molecular weight excluding hydrogens is 396 g/mol. The molecule has 1 aliphatic rings. The smallest absolute Gasteiger partial charge is 0.267 e. The van der Waals surface area contributed by atoms with Crippen LogP contribution in [0, 0.1) is 5.92 Å². The predicted molar refractivity (Wildman–Crippen MR) is 118 cm³/mol. The van der Waals surface area contributed by atoms with Crippen LogP contribution in [0.4, 0.5) is 0 Å². The zero-order chi connectivity index (χ0) is 22.1. The molecule has 0 aliphatic heterocycles. The second kappa shape index (κ2) is 11.2. The summed E-state index contributed by atoms with van der Waals surface area (Å²) in [4.78, 5) is 25.2. The van der Waals surface area contributed by atoms with Crippen LogP contribution in [-0.4, -0.2) is 43.3 Å². The number of nitrogens with one attached hydrogen (secondary N) is 2. The van der Waals surface area contributed by atoms with E-state index >= 15 is 0 Å². The van der Waals surface area contributed by atoms with Crippen molar-refractivity contribution in [3.63, 3.8) is 0 Å². The molecule has 1 saturated carbocycles. The summed E-state index contributed by atoms with van der Waals surface area (Å²) in [5, 5.41) is 14.2. The van der Waals surface area contributed by atoms with E-state index in [4.69, 9.17) is 14.6 Å². The minimum atomic E-state index is -0.485. The standard InChI is InChI=1S/C24H28N2O5/c1-2-30-20-9-5-17(6-10-20)15-22(24(29)25-13-14-27)26-23(28)19-7-11-21(12-8-19)31-16-18-3-4-18/h5-12,15,18,27H,2-4,13-14,16H2,1H3,(H,25,29)(H,26,28)/b22-15+. The molecule has 7 nitrogen and oxygen atoms in total. The Morgan fingerprint density at radius 2 is 1.68 bits per heavy atom. The Hall–Kier alpha value is -3.32. The van der Waals surface area contributed by atoms with Gasteiger partial charge in [-0.2, -0.15) is 0 Å². The van der Waals surface area contributed by atoms with Crippen molar-refractivity contribution < 1.29 is 24.2 Å². The van der Waals surface area contributed by atoms with Crippen molar-refractivity contribution in [2.24, 2.45) is 5.92 Å². The van der Waals surface area contributed by atoms with Crippen LogP contribution in [0.2, 0.25) is 0 Å². The van der Waals surface area contributed by atoms with Crippen molar-refractivity contribution >= 4 is 17.9 Å². The first-order valence-electron chi connectivity index (χ1n) is 10.5. The Morgan fingerprint density at radius 1 is 1.03 bits per heavy atom. The molecule has 0 radical (unpaired) electrons. The average molecular weight is 424 g/mol. The monoisotopic (exact) mass is 424 g/mol. The summed E-state index contributed by atoms with van der Waals surface area (Å²) in [6.45, 7) is 3.05. The summed E-state index contributed by atoms with van der Waals surface area (Å²) in [6.07, 6.45) is 4.00. The van der Waals surface area contributed by atoms with Gasteiger partial charge in [-0.25, -0.2) is 0 Å². The van der Waals surface area contributed by atoms with Gasteiger partial charge >= 0.3 is 0 Å². The number of hydrogen-bond acceptors (Lipinski definition) is 5. The second-order valence-corrected chi connectivity index (χ2v) is 7.27. The van der Waals surface area contributed by atoms with Crippen molar-refractivity contribution in [1.82, 2.24) is 10.6 Å².